The SMILES string of the molecule is COc1cc2nc(Cl)nc(NN)c2cc1OC.O. The molecule has 2 aromatic rings. The summed E-state index contributed by atoms with van der Waals surface area (Å²) in [5.41, 5.74) is 3.09. The van der Waals surface area contributed by atoms with Gasteiger partial charge in [-0.2, -0.15) is 4.98 Å². The van der Waals surface area contributed by atoms with Gasteiger partial charge in [-0.15, -0.1) is 0 Å². The first-order chi connectivity index (χ1) is 8.19. The van der Waals surface area contributed by atoms with E-state index in [-0.39, 0.29) is 10.8 Å². The normalized spacial score (nSPS) is 9.78. The van der Waals surface area contributed by atoms with Crippen molar-refractivity contribution in [3.63, 3.8) is 0 Å². The molecule has 5 N–H and O–H groups in total. The highest BCUT2D eigenvalue weighted by atomic mass is 35.5. The van der Waals surface area contributed by atoms with Crippen LogP contribution in [-0.2, 0) is 0 Å². The van der Waals surface area contributed by atoms with Crippen molar-refractivity contribution >= 4 is 28.3 Å². The minimum atomic E-state index is 0. The first-order valence-electron chi connectivity index (χ1n) is 4.75. The second-order valence-corrected chi connectivity index (χ2v) is 3.55. The Morgan fingerprint density at radius 1 is 1.17 bits per heavy atom. The van der Waals surface area contributed by atoms with E-state index in [1.54, 1.807) is 26.4 Å². The van der Waals surface area contributed by atoms with Gasteiger partial charge in [0.2, 0.25) is 5.28 Å². The molecule has 0 spiro atoms. The van der Waals surface area contributed by atoms with Crippen LogP contribution in [0, 0.1) is 0 Å². The maximum absolute atomic E-state index is 5.78. The lowest BCUT2D eigenvalue weighted by atomic mass is 10.2. The quantitative estimate of drug-likeness (QED) is 0.484. The van der Waals surface area contributed by atoms with Gasteiger partial charge in [0, 0.05) is 11.5 Å². The molecular weight excluding hydrogens is 260 g/mol. The van der Waals surface area contributed by atoms with Crippen molar-refractivity contribution < 1.29 is 14.9 Å². The summed E-state index contributed by atoms with van der Waals surface area (Å²) in [4.78, 5) is 8.06. The van der Waals surface area contributed by atoms with Crippen molar-refractivity contribution in [3.05, 3.63) is 17.4 Å². The van der Waals surface area contributed by atoms with Gasteiger partial charge in [-0.25, -0.2) is 10.8 Å². The van der Waals surface area contributed by atoms with E-state index >= 15 is 0 Å². The Kier molecular flexibility index (Phi) is 4.49. The fourth-order valence-electron chi connectivity index (χ4n) is 1.54. The molecule has 0 aliphatic heterocycles. The fraction of sp³-hybridized carbons (Fsp3) is 0.200. The predicted molar refractivity (Wildman–Crippen MR) is 69.1 cm³/mol. The monoisotopic (exact) mass is 272 g/mol. The molecule has 0 fully saturated rings. The van der Waals surface area contributed by atoms with E-state index in [1.807, 2.05) is 0 Å². The topological polar surface area (TPSA) is 114 Å². The lowest BCUT2D eigenvalue weighted by Crippen LogP contribution is -2.09. The fourth-order valence-corrected chi connectivity index (χ4v) is 1.71. The van der Waals surface area contributed by atoms with E-state index in [2.05, 4.69) is 15.4 Å². The average molecular weight is 273 g/mol. The molecular formula is C10H13ClN4O3. The van der Waals surface area contributed by atoms with Crippen molar-refractivity contribution in [2.45, 2.75) is 0 Å². The summed E-state index contributed by atoms with van der Waals surface area (Å²) >= 11 is 5.78. The largest absolute Gasteiger partial charge is 0.493 e. The van der Waals surface area contributed by atoms with E-state index in [4.69, 9.17) is 26.9 Å². The summed E-state index contributed by atoms with van der Waals surface area (Å²) in [5, 5.41) is 0.812. The molecule has 0 aliphatic carbocycles. The zero-order valence-electron chi connectivity index (χ0n) is 9.82. The molecule has 8 heteroatoms. The van der Waals surface area contributed by atoms with Crippen molar-refractivity contribution in [3.8, 4) is 11.5 Å². The molecule has 0 saturated heterocycles. The molecule has 0 unspecified atom stereocenters. The number of nitrogens with zero attached hydrogens (tertiary/aromatic N) is 2. The third kappa shape index (κ3) is 2.37. The second kappa shape index (κ2) is 5.67. The van der Waals surface area contributed by atoms with Crippen LogP contribution in [0.25, 0.3) is 10.9 Å². The highest BCUT2D eigenvalue weighted by molar-refractivity contribution is 6.28. The summed E-state index contributed by atoms with van der Waals surface area (Å²) in [6.07, 6.45) is 0. The number of methoxy groups -OCH3 is 2. The van der Waals surface area contributed by atoms with Gasteiger partial charge in [-0.1, -0.05) is 0 Å². The van der Waals surface area contributed by atoms with Crippen LogP contribution in [0.4, 0.5) is 5.82 Å². The number of anilines is 1. The Bertz CT molecular complexity index is 564. The third-order valence-corrected chi connectivity index (χ3v) is 2.48. The number of fused-ring (bicyclic) bond motifs is 1. The minimum Gasteiger partial charge on any atom is -0.493 e. The number of halogens is 1. The van der Waals surface area contributed by atoms with Crippen molar-refractivity contribution in [1.29, 1.82) is 0 Å². The smallest absolute Gasteiger partial charge is 0.224 e. The molecule has 0 atom stereocenters. The van der Waals surface area contributed by atoms with Crippen molar-refractivity contribution in [2.75, 3.05) is 19.6 Å². The van der Waals surface area contributed by atoms with E-state index < -0.39 is 0 Å². The molecule has 7 nitrogen and oxygen atoms in total. The molecule has 1 heterocycles. The number of hydrogen-bond acceptors (Lipinski definition) is 6. The Morgan fingerprint density at radius 3 is 2.33 bits per heavy atom. The van der Waals surface area contributed by atoms with Crippen LogP contribution in [0.5, 0.6) is 11.5 Å². The molecule has 0 aliphatic rings. The number of nitrogens with one attached hydrogen (secondary N) is 1. The summed E-state index contributed by atoms with van der Waals surface area (Å²) in [6, 6.07) is 3.45. The van der Waals surface area contributed by atoms with Crippen LogP contribution in [0.15, 0.2) is 12.1 Å². The van der Waals surface area contributed by atoms with Crippen LogP contribution in [0.3, 0.4) is 0 Å². The maximum Gasteiger partial charge on any atom is 0.224 e. The lowest BCUT2D eigenvalue weighted by Gasteiger charge is -2.10. The number of rotatable bonds is 3. The summed E-state index contributed by atoms with van der Waals surface area (Å²) in [6.45, 7) is 0. The molecule has 98 valence electrons. The van der Waals surface area contributed by atoms with Gasteiger partial charge >= 0.3 is 0 Å². The average Bonchev–Trinajstić information content (AvgIpc) is 2.35. The summed E-state index contributed by atoms with van der Waals surface area (Å²) < 4.78 is 10.4. The number of hydrogen-bond donors (Lipinski definition) is 2. The summed E-state index contributed by atoms with van der Waals surface area (Å²) in [7, 11) is 3.10. The minimum absolute atomic E-state index is 0. The molecule has 0 radical (unpaired) electrons. The summed E-state index contributed by atoms with van der Waals surface area (Å²) in [5.74, 6) is 6.95. The van der Waals surface area contributed by atoms with Gasteiger partial charge in [0.25, 0.3) is 0 Å². The highest BCUT2D eigenvalue weighted by Crippen LogP contribution is 2.34. The van der Waals surface area contributed by atoms with Crippen LogP contribution in [-0.4, -0.2) is 29.7 Å². The zero-order chi connectivity index (χ0) is 12.4. The molecule has 18 heavy (non-hydrogen) atoms. The Balaban J connectivity index is 0.00000162. The first-order valence-corrected chi connectivity index (χ1v) is 5.13. The van der Waals surface area contributed by atoms with Gasteiger partial charge < -0.3 is 20.4 Å². The van der Waals surface area contributed by atoms with Crippen LogP contribution >= 0.6 is 11.6 Å². The number of hydrazine groups is 1. The van der Waals surface area contributed by atoms with Gasteiger partial charge in [-0.05, 0) is 17.7 Å². The maximum atomic E-state index is 5.78. The van der Waals surface area contributed by atoms with Crippen LogP contribution in [0.1, 0.15) is 0 Å². The van der Waals surface area contributed by atoms with E-state index in [9.17, 15) is 0 Å². The Labute approximate surface area is 108 Å². The van der Waals surface area contributed by atoms with Gasteiger partial charge in [-0.3, -0.25) is 0 Å². The van der Waals surface area contributed by atoms with E-state index in [1.165, 1.54) is 0 Å². The standard InChI is InChI=1S/C10H11ClN4O2.H2O/c1-16-7-3-5-6(4-8(7)17-2)13-10(11)14-9(5)15-12;/h3-4H,12H2,1-2H3,(H,13,14,15);1H2. The van der Waals surface area contributed by atoms with Crippen molar-refractivity contribution in [2.24, 2.45) is 5.84 Å². The molecule has 0 bridgehead atoms. The number of nitrogens with two attached hydrogens (primary N) is 1. The zero-order valence-corrected chi connectivity index (χ0v) is 10.6. The number of ether oxygens (including phenoxy) is 2. The third-order valence-electron chi connectivity index (χ3n) is 2.31. The number of benzene rings is 1. The molecule has 1 aromatic heterocycles. The Hall–Kier alpha value is -1.83. The molecule has 0 amide bonds. The van der Waals surface area contributed by atoms with Crippen molar-refractivity contribution in [1.82, 2.24) is 9.97 Å². The molecule has 0 saturated carbocycles. The lowest BCUT2D eigenvalue weighted by molar-refractivity contribution is 0.356. The highest BCUT2D eigenvalue weighted by Gasteiger charge is 2.11. The molecule has 2 rings (SSSR count). The van der Waals surface area contributed by atoms with Crippen LogP contribution < -0.4 is 20.7 Å². The number of nitrogen functional groups attached to an aromatic ring is 1. The first kappa shape index (κ1) is 14.2. The van der Waals surface area contributed by atoms with Gasteiger partial charge in [0.15, 0.2) is 17.3 Å². The molecule has 1 aromatic carbocycles. The number of aromatic nitrogens is 2. The predicted octanol–water partition coefficient (Wildman–Crippen LogP) is 0.761. The van der Waals surface area contributed by atoms with Crippen LogP contribution in [0.2, 0.25) is 5.28 Å². The van der Waals surface area contributed by atoms with Gasteiger partial charge in [0.05, 0.1) is 19.7 Å². The second-order valence-electron chi connectivity index (χ2n) is 3.21. The van der Waals surface area contributed by atoms with Gasteiger partial charge in [0.1, 0.15) is 0 Å². The van der Waals surface area contributed by atoms with E-state index in [0.717, 1.165) is 0 Å². The Morgan fingerprint density at radius 2 is 1.78 bits per heavy atom. The van der Waals surface area contributed by atoms with E-state index in [0.29, 0.717) is 28.2 Å².